The van der Waals surface area contributed by atoms with E-state index in [-0.39, 0.29) is 5.92 Å². The van der Waals surface area contributed by atoms with Crippen molar-refractivity contribution in [1.29, 1.82) is 0 Å². The van der Waals surface area contributed by atoms with E-state index in [0.29, 0.717) is 11.1 Å². The van der Waals surface area contributed by atoms with E-state index in [1.807, 2.05) is 26.0 Å². The van der Waals surface area contributed by atoms with Gasteiger partial charge in [-0.25, -0.2) is 9.59 Å². The molecule has 0 saturated heterocycles. The van der Waals surface area contributed by atoms with Gasteiger partial charge >= 0.3 is 11.9 Å². The average Bonchev–Trinajstić information content (AvgIpc) is 2.48. The molecule has 0 bridgehead atoms. The predicted octanol–water partition coefficient (Wildman–Crippen LogP) is 3.81. The van der Waals surface area contributed by atoms with Gasteiger partial charge in [-0.1, -0.05) is 50.2 Å². The summed E-state index contributed by atoms with van der Waals surface area (Å²) in [5, 5.41) is 0. The van der Waals surface area contributed by atoms with E-state index in [2.05, 4.69) is 0 Å². The van der Waals surface area contributed by atoms with Crippen LogP contribution in [0.4, 0.5) is 0 Å². The minimum absolute atomic E-state index is 0.186. The molecule has 2 aromatic carbocycles. The number of hydrogen-bond acceptors (Lipinski definition) is 3. The molecule has 0 spiro atoms. The van der Waals surface area contributed by atoms with Crippen molar-refractivity contribution in [2.45, 2.75) is 19.8 Å². The van der Waals surface area contributed by atoms with E-state index in [1.54, 1.807) is 42.5 Å². The van der Waals surface area contributed by atoms with Gasteiger partial charge in [0.25, 0.3) is 0 Å². The van der Waals surface area contributed by atoms with E-state index < -0.39 is 11.9 Å². The summed E-state index contributed by atoms with van der Waals surface area (Å²) in [6.07, 6.45) is 0. The molecule has 3 heteroatoms. The van der Waals surface area contributed by atoms with Gasteiger partial charge in [0, 0.05) is 0 Å². The van der Waals surface area contributed by atoms with Gasteiger partial charge < -0.3 is 4.74 Å². The normalized spacial score (nSPS) is 10.3. The molecule has 0 atom stereocenters. The lowest BCUT2D eigenvalue weighted by Gasteiger charge is -2.11. The molecule has 2 rings (SSSR count). The Kier molecular flexibility index (Phi) is 4.31. The molecule has 0 amide bonds. The lowest BCUT2D eigenvalue weighted by atomic mass is 9.97. The van der Waals surface area contributed by atoms with Crippen molar-refractivity contribution >= 4 is 11.9 Å². The van der Waals surface area contributed by atoms with E-state index in [0.717, 1.165) is 5.56 Å². The standard InChI is InChI=1S/C17H16O3/c1-12(2)14-10-6-7-11-15(14)17(19)20-16(18)13-8-4-3-5-9-13/h3-12H,1-2H3. The molecule has 0 radical (unpaired) electrons. The summed E-state index contributed by atoms with van der Waals surface area (Å²) < 4.78 is 4.94. The van der Waals surface area contributed by atoms with E-state index in [9.17, 15) is 9.59 Å². The molecule has 3 nitrogen and oxygen atoms in total. The second-order valence-corrected chi connectivity index (χ2v) is 4.78. The molecule has 20 heavy (non-hydrogen) atoms. The highest BCUT2D eigenvalue weighted by Gasteiger charge is 2.18. The van der Waals surface area contributed by atoms with Crippen molar-refractivity contribution in [3.05, 3.63) is 71.3 Å². The number of esters is 2. The number of rotatable bonds is 3. The first kappa shape index (κ1) is 14.0. The quantitative estimate of drug-likeness (QED) is 0.628. The van der Waals surface area contributed by atoms with Crippen LogP contribution in [-0.4, -0.2) is 11.9 Å². The maximum Gasteiger partial charge on any atom is 0.346 e. The molecule has 102 valence electrons. The van der Waals surface area contributed by atoms with Gasteiger partial charge in [0.15, 0.2) is 0 Å². The van der Waals surface area contributed by atoms with Crippen LogP contribution in [0.15, 0.2) is 54.6 Å². The number of carbonyl (C=O) groups is 2. The minimum Gasteiger partial charge on any atom is -0.386 e. The first-order valence-corrected chi connectivity index (χ1v) is 6.50. The molecular formula is C17H16O3. The highest BCUT2D eigenvalue weighted by Crippen LogP contribution is 2.20. The SMILES string of the molecule is CC(C)c1ccccc1C(=O)OC(=O)c1ccccc1. The lowest BCUT2D eigenvalue weighted by Crippen LogP contribution is -2.14. The van der Waals surface area contributed by atoms with Crippen LogP contribution in [0.3, 0.4) is 0 Å². The summed E-state index contributed by atoms with van der Waals surface area (Å²) in [6.45, 7) is 3.98. The number of ether oxygens (including phenoxy) is 1. The molecule has 0 heterocycles. The largest absolute Gasteiger partial charge is 0.386 e. The minimum atomic E-state index is -0.630. The highest BCUT2D eigenvalue weighted by atomic mass is 16.6. The summed E-state index contributed by atoms with van der Waals surface area (Å²) in [5.41, 5.74) is 1.67. The van der Waals surface area contributed by atoms with Gasteiger partial charge in [0.05, 0.1) is 11.1 Å². The summed E-state index contributed by atoms with van der Waals surface area (Å²) in [7, 11) is 0. The number of hydrogen-bond donors (Lipinski definition) is 0. The molecule has 0 fully saturated rings. The fourth-order valence-corrected chi connectivity index (χ4v) is 1.96. The predicted molar refractivity (Wildman–Crippen MR) is 76.7 cm³/mol. The Balaban J connectivity index is 2.19. The van der Waals surface area contributed by atoms with Gasteiger partial charge in [-0.15, -0.1) is 0 Å². The van der Waals surface area contributed by atoms with Crippen LogP contribution >= 0.6 is 0 Å². The summed E-state index contributed by atoms with van der Waals surface area (Å²) >= 11 is 0. The molecule has 2 aromatic rings. The fourth-order valence-electron chi connectivity index (χ4n) is 1.96. The zero-order valence-electron chi connectivity index (χ0n) is 11.5. The number of carbonyl (C=O) groups excluding carboxylic acids is 2. The van der Waals surface area contributed by atoms with Crippen LogP contribution < -0.4 is 0 Å². The Morgan fingerprint density at radius 3 is 2.10 bits per heavy atom. The van der Waals surface area contributed by atoms with Crippen molar-refractivity contribution in [2.24, 2.45) is 0 Å². The highest BCUT2D eigenvalue weighted by molar-refractivity contribution is 6.03. The lowest BCUT2D eigenvalue weighted by molar-refractivity contribution is 0.0397. The molecule has 0 unspecified atom stereocenters. The zero-order valence-corrected chi connectivity index (χ0v) is 11.5. The van der Waals surface area contributed by atoms with Crippen LogP contribution in [0.1, 0.15) is 46.0 Å². The molecule has 0 aromatic heterocycles. The Morgan fingerprint density at radius 1 is 0.850 bits per heavy atom. The van der Waals surface area contributed by atoms with Crippen LogP contribution in [0.25, 0.3) is 0 Å². The van der Waals surface area contributed by atoms with Crippen molar-refractivity contribution in [1.82, 2.24) is 0 Å². The van der Waals surface area contributed by atoms with Gasteiger partial charge in [-0.3, -0.25) is 0 Å². The third-order valence-corrected chi connectivity index (χ3v) is 3.00. The Bertz CT molecular complexity index is 615. The second-order valence-electron chi connectivity index (χ2n) is 4.78. The van der Waals surface area contributed by atoms with Crippen LogP contribution in [-0.2, 0) is 4.74 Å². The summed E-state index contributed by atoms with van der Waals surface area (Å²) in [4.78, 5) is 24.0. The van der Waals surface area contributed by atoms with Crippen LogP contribution in [0.5, 0.6) is 0 Å². The van der Waals surface area contributed by atoms with E-state index >= 15 is 0 Å². The first-order valence-electron chi connectivity index (χ1n) is 6.50. The van der Waals surface area contributed by atoms with Crippen LogP contribution in [0, 0.1) is 0 Å². The Labute approximate surface area is 118 Å². The summed E-state index contributed by atoms with van der Waals surface area (Å²) in [6, 6.07) is 15.7. The van der Waals surface area contributed by atoms with Crippen molar-refractivity contribution in [2.75, 3.05) is 0 Å². The average molecular weight is 268 g/mol. The van der Waals surface area contributed by atoms with Crippen molar-refractivity contribution < 1.29 is 14.3 Å². The van der Waals surface area contributed by atoms with E-state index in [1.165, 1.54) is 0 Å². The van der Waals surface area contributed by atoms with Crippen molar-refractivity contribution in [3.8, 4) is 0 Å². The fraction of sp³-hybridized carbons (Fsp3) is 0.176. The third kappa shape index (κ3) is 3.12. The smallest absolute Gasteiger partial charge is 0.346 e. The van der Waals surface area contributed by atoms with Gasteiger partial charge in [-0.2, -0.15) is 0 Å². The Morgan fingerprint density at radius 2 is 1.45 bits per heavy atom. The van der Waals surface area contributed by atoms with E-state index in [4.69, 9.17) is 4.74 Å². The zero-order chi connectivity index (χ0) is 14.5. The Hall–Kier alpha value is -2.42. The second kappa shape index (κ2) is 6.15. The van der Waals surface area contributed by atoms with Gasteiger partial charge in [0.2, 0.25) is 0 Å². The topological polar surface area (TPSA) is 43.4 Å². The molecule has 0 N–H and O–H groups in total. The number of benzene rings is 2. The molecule has 0 aliphatic rings. The maximum atomic E-state index is 12.1. The first-order chi connectivity index (χ1) is 9.59. The molecule has 0 saturated carbocycles. The monoisotopic (exact) mass is 268 g/mol. The van der Waals surface area contributed by atoms with Gasteiger partial charge in [-0.05, 0) is 29.7 Å². The van der Waals surface area contributed by atoms with Gasteiger partial charge in [0.1, 0.15) is 0 Å². The maximum absolute atomic E-state index is 12.1. The van der Waals surface area contributed by atoms with Crippen molar-refractivity contribution in [3.63, 3.8) is 0 Å². The summed E-state index contributed by atoms with van der Waals surface area (Å²) in [5.74, 6) is -1.05. The molecular weight excluding hydrogens is 252 g/mol. The van der Waals surface area contributed by atoms with Crippen LogP contribution in [0.2, 0.25) is 0 Å². The molecule has 0 aliphatic heterocycles. The third-order valence-electron chi connectivity index (χ3n) is 3.00. The molecule has 0 aliphatic carbocycles.